The van der Waals surface area contributed by atoms with Crippen LogP contribution in [0.25, 0.3) is 0 Å². The fraction of sp³-hybridized carbons (Fsp3) is 0.125. The van der Waals surface area contributed by atoms with Gasteiger partial charge >= 0.3 is 5.97 Å². The number of benzene rings is 3. The molecule has 0 heterocycles. The van der Waals surface area contributed by atoms with Crippen molar-refractivity contribution in [3.8, 4) is 5.75 Å². The number of nitrogens with one attached hydrogen (secondary N) is 1. The SMILES string of the molecule is COC(=O)c1ccc(C)c(N=Cc2ccc(OCC(=O)Nc3ccccc3F)c(Cl)c2)c1. The van der Waals surface area contributed by atoms with Gasteiger partial charge in [-0.3, -0.25) is 9.79 Å². The van der Waals surface area contributed by atoms with E-state index in [0.717, 1.165) is 5.56 Å². The predicted octanol–water partition coefficient (Wildman–Crippen LogP) is 5.34. The summed E-state index contributed by atoms with van der Waals surface area (Å²) in [4.78, 5) is 28.1. The Balaban J connectivity index is 1.64. The second kappa shape index (κ2) is 10.5. The first kappa shape index (κ1) is 23.0. The highest BCUT2D eigenvalue weighted by molar-refractivity contribution is 6.32. The van der Waals surface area contributed by atoms with Crippen LogP contribution in [0.5, 0.6) is 5.75 Å². The molecule has 0 fully saturated rings. The topological polar surface area (TPSA) is 77.0 Å². The van der Waals surface area contributed by atoms with E-state index < -0.39 is 17.7 Å². The first-order chi connectivity index (χ1) is 15.4. The van der Waals surface area contributed by atoms with Crippen LogP contribution in [0.2, 0.25) is 5.02 Å². The smallest absolute Gasteiger partial charge is 0.337 e. The van der Waals surface area contributed by atoms with E-state index in [4.69, 9.17) is 21.1 Å². The van der Waals surface area contributed by atoms with Crippen molar-refractivity contribution in [1.82, 2.24) is 0 Å². The van der Waals surface area contributed by atoms with Gasteiger partial charge in [0.05, 0.1) is 29.1 Å². The fourth-order valence-corrected chi connectivity index (χ4v) is 2.99. The molecule has 32 heavy (non-hydrogen) atoms. The number of rotatable bonds is 7. The lowest BCUT2D eigenvalue weighted by molar-refractivity contribution is -0.118. The van der Waals surface area contributed by atoms with E-state index in [0.29, 0.717) is 22.6 Å². The average molecular weight is 455 g/mol. The van der Waals surface area contributed by atoms with Gasteiger partial charge in [0.25, 0.3) is 5.91 Å². The van der Waals surface area contributed by atoms with Crippen LogP contribution in [0.1, 0.15) is 21.5 Å². The number of anilines is 1. The van der Waals surface area contributed by atoms with Crippen molar-refractivity contribution in [2.75, 3.05) is 19.0 Å². The quantitative estimate of drug-likeness (QED) is 0.386. The minimum atomic E-state index is -0.533. The second-order valence-corrected chi connectivity index (χ2v) is 7.16. The summed E-state index contributed by atoms with van der Waals surface area (Å²) in [7, 11) is 1.32. The Bertz CT molecular complexity index is 1180. The Kier molecular flexibility index (Phi) is 7.57. The maximum absolute atomic E-state index is 13.6. The largest absolute Gasteiger partial charge is 0.482 e. The Labute approximate surface area is 189 Å². The van der Waals surface area contributed by atoms with Gasteiger partial charge in [-0.25, -0.2) is 9.18 Å². The van der Waals surface area contributed by atoms with E-state index >= 15 is 0 Å². The van der Waals surface area contributed by atoms with Crippen LogP contribution < -0.4 is 10.1 Å². The zero-order valence-corrected chi connectivity index (χ0v) is 18.2. The molecular formula is C24H20ClFN2O4. The number of nitrogens with zero attached hydrogens (tertiary/aromatic N) is 1. The van der Waals surface area contributed by atoms with Crippen LogP contribution in [-0.2, 0) is 9.53 Å². The van der Waals surface area contributed by atoms with Crippen molar-refractivity contribution in [3.05, 3.63) is 88.2 Å². The highest BCUT2D eigenvalue weighted by atomic mass is 35.5. The van der Waals surface area contributed by atoms with Crippen LogP contribution in [-0.4, -0.2) is 31.8 Å². The minimum Gasteiger partial charge on any atom is -0.482 e. The molecule has 3 aromatic carbocycles. The van der Waals surface area contributed by atoms with Gasteiger partial charge in [0.15, 0.2) is 6.61 Å². The fourth-order valence-electron chi connectivity index (χ4n) is 2.74. The van der Waals surface area contributed by atoms with Crippen molar-refractivity contribution in [1.29, 1.82) is 0 Å². The van der Waals surface area contributed by atoms with Gasteiger partial charge in [0.1, 0.15) is 11.6 Å². The number of hydrogen-bond acceptors (Lipinski definition) is 5. The maximum atomic E-state index is 13.6. The van der Waals surface area contributed by atoms with E-state index in [-0.39, 0.29) is 17.3 Å². The first-order valence-electron chi connectivity index (χ1n) is 9.57. The lowest BCUT2D eigenvalue weighted by Gasteiger charge is -2.10. The van der Waals surface area contributed by atoms with Crippen LogP contribution >= 0.6 is 11.6 Å². The Hall–Kier alpha value is -3.71. The molecule has 1 N–H and O–H groups in total. The number of esters is 1. The molecule has 0 aromatic heterocycles. The van der Waals surface area contributed by atoms with Gasteiger partial charge in [-0.15, -0.1) is 0 Å². The number of carbonyl (C=O) groups excluding carboxylic acids is 2. The summed E-state index contributed by atoms with van der Waals surface area (Å²) < 4.78 is 23.8. The van der Waals surface area contributed by atoms with Crippen LogP contribution in [0, 0.1) is 12.7 Å². The molecule has 0 radical (unpaired) electrons. The number of methoxy groups -OCH3 is 1. The highest BCUT2D eigenvalue weighted by Crippen LogP contribution is 2.26. The summed E-state index contributed by atoms with van der Waals surface area (Å²) in [6.07, 6.45) is 1.60. The van der Waals surface area contributed by atoms with E-state index in [2.05, 4.69) is 10.3 Å². The first-order valence-corrected chi connectivity index (χ1v) is 9.95. The van der Waals surface area contributed by atoms with Crippen LogP contribution in [0.3, 0.4) is 0 Å². The second-order valence-electron chi connectivity index (χ2n) is 6.76. The standard InChI is InChI=1S/C24H20ClFN2O4/c1-15-7-9-17(24(30)31-2)12-21(15)27-13-16-8-10-22(18(25)11-16)32-14-23(29)28-20-6-4-3-5-19(20)26/h3-13H,14H2,1-2H3,(H,28,29). The molecule has 0 aliphatic heterocycles. The molecule has 3 rings (SSSR count). The molecule has 0 aliphatic rings. The number of aryl methyl sites for hydroxylation is 1. The summed E-state index contributed by atoms with van der Waals surface area (Å²) in [6, 6.07) is 15.9. The lowest BCUT2D eigenvalue weighted by atomic mass is 10.1. The Morgan fingerprint density at radius 1 is 1.12 bits per heavy atom. The van der Waals surface area contributed by atoms with Gasteiger partial charge in [-0.2, -0.15) is 0 Å². The van der Waals surface area contributed by atoms with Crippen molar-refractivity contribution in [3.63, 3.8) is 0 Å². The van der Waals surface area contributed by atoms with Crippen molar-refractivity contribution >= 4 is 41.1 Å². The number of aliphatic imine (C=N–C) groups is 1. The number of amides is 1. The molecule has 164 valence electrons. The van der Waals surface area contributed by atoms with Gasteiger partial charge < -0.3 is 14.8 Å². The number of halogens is 2. The van der Waals surface area contributed by atoms with E-state index in [1.807, 2.05) is 6.92 Å². The summed E-state index contributed by atoms with van der Waals surface area (Å²) in [6.45, 7) is 1.55. The summed E-state index contributed by atoms with van der Waals surface area (Å²) >= 11 is 6.26. The number of carbonyl (C=O) groups is 2. The zero-order valence-electron chi connectivity index (χ0n) is 17.4. The van der Waals surface area contributed by atoms with Gasteiger partial charge in [0, 0.05) is 6.21 Å². The molecule has 8 heteroatoms. The third-order valence-electron chi connectivity index (χ3n) is 4.45. The molecule has 0 atom stereocenters. The summed E-state index contributed by atoms with van der Waals surface area (Å²) in [5.41, 5.74) is 2.68. The number of para-hydroxylation sites is 1. The normalized spacial score (nSPS) is 10.8. The summed E-state index contributed by atoms with van der Waals surface area (Å²) in [5.74, 6) is -1.19. The monoisotopic (exact) mass is 454 g/mol. The molecule has 0 aliphatic carbocycles. The molecule has 1 amide bonds. The van der Waals surface area contributed by atoms with Crippen molar-refractivity contribution < 1.29 is 23.5 Å². The van der Waals surface area contributed by atoms with E-state index in [1.54, 1.807) is 48.7 Å². The molecule has 0 saturated carbocycles. The van der Waals surface area contributed by atoms with Crippen molar-refractivity contribution in [2.24, 2.45) is 4.99 Å². The molecule has 0 bridgehead atoms. The van der Waals surface area contributed by atoms with E-state index in [1.165, 1.54) is 25.3 Å². The molecule has 0 saturated heterocycles. The average Bonchev–Trinajstić information content (AvgIpc) is 2.79. The molecule has 6 nitrogen and oxygen atoms in total. The molecule has 0 unspecified atom stereocenters. The third kappa shape index (κ3) is 5.92. The molecule has 3 aromatic rings. The Morgan fingerprint density at radius 3 is 2.62 bits per heavy atom. The molecule has 0 spiro atoms. The van der Waals surface area contributed by atoms with E-state index in [9.17, 15) is 14.0 Å². The highest BCUT2D eigenvalue weighted by Gasteiger charge is 2.10. The van der Waals surface area contributed by atoms with Crippen LogP contribution in [0.15, 0.2) is 65.7 Å². The zero-order chi connectivity index (χ0) is 23.1. The predicted molar refractivity (Wildman–Crippen MR) is 122 cm³/mol. The number of hydrogen-bond donors (Lipinski definition) is 1. The number of ether oxygens (including phenoxy) is 2. The maximum Gasteiger partial charge on any atom is 0.337 e. The van der Waals surface area contributed by atoms with Gasteiger partial charge in [0.2, 0.25) is 0 Å². The van der Waals surface area contributed by atoms with Gasteiger partial charge in [-0.1, -0.05) is 29.8 Å². The molecular weight excluding hydrogens is 435 g/mol. The van der Waals surface area contributed by atoms with Crippen LogP contribution in [0.4, 0.5) is 15.8 Å². The summed E-state index contributed by atoms with van der Waals surface area (Å²) in [5, 5.41) is 2.72. The van der Waals surface area contributed by atoms with Crippen molar-refractivity contribution in [2.45, 2.75) is 6.92 Å². The Morgan fingerprint density at radius 2 is 1.91 bits per heavy atom. The minimum absolute atomic E-state index is 0.0744. The third-order valence-corrected chi connectivity index (χ3v) is 4.74. The lowest BCUT2D eigenvalue weighted by Crippen LogP contribution is -2.20. The van der Waals surface area contributed by atoms with Gasteiger partial charge in [-0.05, 0) is 60.5 Å².